The number of nitrogens with two attached hydrogens (primary N) is 1. The monoisotopic (exact) mass is 239 g/mol. The second kappa shape index (κ2) is 6.77. The number of methoxy groups -OCH3 is 1. The van der Waals surface area contributed by atoms with Crippen LogP contribution in [0.15, 0.2) is 12.3 Å². The summed E-state index contributed by atoms with van der Waals surface area (Å²) in [5, 5.41) is 4.55. The van der Waals surface area contributed by atoms with E-state index in [2.05, 4.69) is 31.9 Å². The van der Waals surface area contributed by atoms with Crippen molar-refractivity contribution < 1.29 is 4.74 Å². The van der Waals surface area contributed by atoms with Crippen molar-refractivity contribution in [1.82, 2.24) is 9.78 Å². The summed E-state index contributed by atoms with van der Waals surface area (Å²) in [7, 11) is 1.71. The Labute approximate surface area is 104 Å². The first-order valence-electron chi connectivity index (χ1n) is 6.44. The van der Waals surface area contributed by atoms with Crippen LogP contribution < -0.4 is 5.73 Å². The standard InChI is InChI=1S/C13H25N3O/c1-5-10(3)16-8-7-11(15-16)9-12(14)13(6-2)17-4/h7-8,10,12-13H,5-6,9,14H2,1-4H3. The number of nitrogens with zero attached hydrogens (tertiary/aromatic N) is 2. The Balaban J connectivity index is 2.59. The highest BCUT2D eigenvalue weighted by Gasteiger charge is 2.17. The van der Waals surface area contributed by atoms with Gasteiger partial charge in [0.05, 0.1) is 11.8 Å². The molecular weight excluding hydrogens is 214 g/mol. The predicted octanol–water partition coefficient (Wildman–Crippen LogP) is 2.15. The fourth-order valence-corrected chi connectivity index (χ4v) is 1.94. The number of hydrogen-bond acceptors (Lipinski definition) is 3. The molecule has 1 aromatic heterocycles. The molecule has 2 N–H and O–H groups in total. The summed E-state index contributed by atoms with van der Waals surface area (Å²) in [6.45, 7) is 6.42. The molecular formula is C13H25N3O. The third-order valence-corrected chi connectivity index (χ3v) is 3.33. The maximum absolute atomic E-state index is 6.11. The molecule has 0 saturated heterocycles. The first-order chi connectivity index (χ1) is 8.12. The minimum Gasteiger partial charge on any atom is -0.380 e. The van der Waals surface area contributed by atoms with Crippen LogP contribution in [0.1, 0.15) is 45.3 Å². The van der Waals surface area contributed by atoms with Crippen LogP contribution in [0, 0.1) is 0 Å². The summed E-state index contributed by atoms with van der Waals surface area (Å²) >= 11 is 0. The lowest BCUT2D eigenvalue weighted by Crippen LogP contribution is -2.37. The summed E-state index contributed by atoms with van der Waals surface area (Å²) < 4.78 is 7.36. The van der Waals surface area contributed by atoms with Gasteiger partial charge < -0.3 is 10.5 Å². The van der Waals surface area contributed by atoms with E-state index in [4.69, 9.17) is 10.5 Å². The maximum Gasteiger partial charge on any atom is 0.0723 e. The Morgan fingerprint density at radius 2 is 2.12 bits per heavy atom. The number of hydrogen-bond donors (Lipinski definition) is 1. The first kappa shape index (κ1) is 14.2. The van der Waals surface area contributed by atoms with E-state index in [9.17, 15) is 0 Å². The molecule has 0 aliphatic rings. The van der Waals surface area contributed by atoms with Crippen molar-refractivity contribution in [3.63, 3.8) is 0 Å². The lowest BCUT2D eigenvalue weighted by Gasteiger charge is -2.20. The van der Waals surface area contributed by atoms with E-state index in [1.54, 1.807) is 7.11 Å². The number of aromatic nitrogens is 2. The Bertz CT molecular complexity index is 320. The van der Waals surface area contributed by atoms with Gasteiger partial charge in [0.1, 0.15) is 0 Å². The van der Waals surface area contributed by atoms with Crippen LogP contribution in [0.5, 0.6) is 0 Å². The Kier molecular flexibility index (Phi) is 5.65. The van der Waals surface area contributed by atoms with Gasteiger partial charge in [0.25, 0.3) is 0 Å². The van der Waals surface area contributed by atoms with Crippen molar-refractivity contribution >= 4 is 0 Å². The largest absolute Gasteiger partial charge is 0.380 e. The van der Waals surface area contributed by atoms with Gasteiger partial charge in [-0.1, -0.05) is 13.8 Å². The topological polar surface area (TPSA) is 53.1 Å². The molecule has 1 rings (SSSR count). The molecule has 1 aromatic rings. The molecule has 4 nitrogen and oxygen atoms in total. The van der Waals surface area contributed by atoms with E-state index in [1.807, 2.05) is 10.9 Å². The molecule has 0 bridgehead atoms. The average Bonchev–Trinajstić information content (AvgIpc) is 2.78. The van der Waals surface area contributed by atoms with Crippen molar-refractivity contribution in [3.05, 3.63) is 18.0 Å². The van der Waals surface area contributed by atoms with E-state index in [1.165, 1.54) is 0 Å². The van der Waals surface area contributed by atoms with Gasteiger partial charge in [-0.2, -0.15) is 5.10 Å². The number of rotatable bonds is 7. The third-order valence-electron chi connectivity index (χ3n) is 3.33. The fraction of sp³-hybridized carbons (Fsp3) is 0.769. The minimum absolute atomic E-state index is 0.0188. The summed E-state index contributed by atoms with van der Waals surface area (Å²) in [4.78, 5) is 0. The molecule has 17 heavy (non-hydrogen) atoms. The van der Waals surface area contributed by atoms with Crippen LogP contribution in [0.25, 0.3) is 0 Å². The van der Waals surface area contributed by atoms with Crippen LogP contribution in [0.4, 0.5) is 0 Å². The Hall–Kier alpha value is -0.870. The zero-order valence-electron chi connectivity index (χ0n) is 11.4. The molecule has 0 aliphatic carbocycles. The van der Waals surface area contributed by atoms with E-state index in [0.29, 0.717) is 6.04 Å². The molecule has 0 fully saturated rings. The summed E-state index contributed by atoms with van der Waals surface area (Å²) in [6.07, 6.45) is 4.94. The van der Waals surface area contributed by atoms with Crippen molar-refractivity contribution in [1.29, 1.82) is 0 Å². The van der Waals surface area contributed by atoms with Crippen LogP contribution in [0.2, 0.25) is 0 Å². The first-order valence-corrected chi connectivity index (χ1v) is 6.44. The van der Waals surface area contributed by atoms with Crippen molar-refractivity contribution in [2.24, 2.45) is 5.73 Å². The van der Waals surface area contributed by atoms with E-state index in [0.717, 1.165) is 25.0 Å². The van der Waals surface area contributed by atoms with Gasteiger partial charge >= 0.3 is 0 Å². The lowest BCUT2D eigenvalue weighted by molar-refractivity contribution is 0.0770. The summed E-state index contributed by atoms with van der Waals surface area (Å²) in [6, 6.07) is 2.52. The molecule has 0 amide bonds. The molecule has 0 aromatic carbocycles. The molecule has 0 saturated carbocycles. The van der Waals surface area contributed by atoms with Gasteiger partial charge in [0, 0.05) is 31.8 Å². The molecule has 1 heterocycles. The van der Waals surface area contributed by atoms with Crippen molar-refractivity contribution in [3.8, 4) is 0 Å². The molecule has 0 spiro atoms. The van der Waals surface area contributed by atoms with E-state index >= 15 is 0 Å². The van der Waals surface area contributed by atoms with Gasteiger partial charge in [-0.3, -0.25) is 4.68 Å². The number of ether oxygens (including phenoxy) is 1. The molecule has 4 heteroatoms. The SMILES string of the molecule is CCC(OC)C(N)Cc1ccn(C(C)CC)n1. The Morgan fingerprint density at radius 3 is 2.65 bits per heavy atom. The highest BCUT2D eigenvalue weighted by atomic mass is 16.5. The molecule has 0 radical (unpaired) electrons. The highest BCUT2D eigenvalue weighted by Crippen LogP contribution is 2.12. The smallest absolute Gasteiger partial charge is 0.0723 e. The van der Waals surface area contributed by atoms with Gasteiger partial charge in [-0.25, -0.2) is 0 Å². The second-order valence-corrected chi connectivity index (χ2v) is 4.59. The molecule has 3 unspecified atom stereocenters. The van der Waals surface area contributed by atoms with Gasteiger partial charge in [-0.05, 0) is 25.8 Å². The van der Waals surface area contributed by atoms with Gasteiger partial charge in [0.15, 0.2) is 0 Å². The zero-order valence-corrected chi connectivity index (χ0v) is 11.4. The molecule has 3 atom stereocenters. The zero-order chi connectivity index (χ0) is 12.8. The normalized spacial score (nSPS) is 16.8. The fourth-order valence-electron chi connectivity index (χ4n) is 1.94. The highest BCUT2D eigenvalue weighted by molar-refractivity contribution is 5.02. The van der Waals surface area contributed by atoms with E-state index < -0.39 is 0 Å². The molecule has 0 aliphatic heterocycles. The molecule has 98 valence electrons. The van der Waals surface area contributed by atoms with Crippen LogP contribution in [0.3, 0.4) is 0 Å². The van der Waals surface area contributed by atoms with Crippen molar-refractivity contribution in [2.45, 2.75) is 58.2 Å². The van der Waals surface area contributed by atoms with Gasteiger partial charge in [-0.15, -0.1) is 0 Å². The van der Waals surface area contributed by atoms with Crippen LogP contribution in [-0.4, -0.2) is 29.0 Å². The minimum atomic E-state index is 0.0188. The van der Waals surface area contributed by atoms with Crippen LogP contribution in [-0.2, 0) is 11.2 Å². The lowest BCUT2D eigenvalue weighted by atomic mass is 10.0. The van der Waals surface area contributed by atoms with Crippen molar-refractivity contribution in [2.75, 3.05) is 7.11 Å². The maximum atomic E-state index is 6.11. The quantitative estimate of drug-likeness (QED) is 0.793. The predicted molar refractivity (Wildman–Crippen MR) is 70.0 cm³/mol. The van der Waals surface area contributed by atoms with Crippen LogP contribution >= 0.6 is 0 Å². The Morgan fingerprint density at radius 1 is 1.41 bits per heavy atom. The van der Waals surface area contributed by atoms with Gasteiger partial charge in [0.2, 0.25) is 0 Å². The average molecular weight is 239 g/mol. The van der Waals surface area contributed by atoms with E-state index in [-0.39, 0.29) is 12.1 Å². The third kappa shape index (κ3) is 3.82. The summed E-state index contributed by atoms with van der Waals surface area (Å²) in [5.74, 6) is 0. The summed E-state index contributed by atoms with van der Waals surface area (Å²) in [5.41, 5.74) is 7.16. The second-order valence-electron chi connectivity index (χ2n) is 4.59.